The molecule has 0 nitrogen and oxygen atoms in total. The van der Waals surface area contributed by atoms with Gasteiger partial charge in [0.15, 0.2) is 0 Å². The Balaban J connectivity index is -0.0000000150. The first-order valence-electron chi connectivity index (χ1n) is 1.22. The van der Waals surface area contributed by atoms with Gasteiger partial charge < -0.3 is 24.0 Å². The lowest BCUT2D eigenvalue weighted by Gasteiger charge is -1.69. The van der Waals surface area contributed by atoms with E-state index in [4.69, 9.17) is 0 Å². The maximum atomic E-state index is 2.19. The molecule has 0 N–H and O–H groups in total. The highest BCUT2D eigenvalue weighted by Gasteiger charge is 1.77. The van der Waals surface area contributed by atoms with Gasteiger partial charge in [-0.15, -0.1) is 48.0 Å². The van der Waals surface area contributed by atoms with Crippen LogP contribution in [0, 0.1) is 0 Å². The molecular weight excluding hydrogens is 449 g/mol. The largest absolute Gasteiger partial charge is 1.00 e. The molecule has 0 unspecified atom stereocenters. The summed E-state index contributed by atoms with van der Waals surface area (Å²) >= 11 is 0. The molecule has 4 heteroatoms. The molecule has 0 aromatic heterocycles. The van der Waals surface area contributed by atoms with Crippen LogP contribution in [0.4, 0.5) is 0 Å². The van der Waals surface area contributed by atoms with Crippen LogP contribution in [0.5, 0.6) is 0 Å². The molecule has 0 heterocycles. The maximum absolute atomic E-state index is 2.19. The Morgan fingerprint density at radius 2 is 0.857 bits per heavy atom. The monoisotopic (exact) mass is 460 g/mol. The Morgan fingerprint density at radius 3 is 0.857 bits per heavy atom. The van der Waals surface area contributed by atoms with Gasteiger partial charge in [-0.2, -0.15) is 0 Å². The van der Waals surface area contributed by atoms with Gasteiger partial charge in [0.2, 0.25) is 0 Å². The molecule has 7 heavy (non-hydrogen) atoms. The Morgan fingerprint density at radius 1 is 0.857 bits per heavy atom. The van der Waals surface area contributed by atoms with E-state index in [1.54, 1.807) is 0 Å². The van der Waals surface area contributed by atoms with Crippen LogP contribution >= 0.6 is 48.0 Å². The third kappa shape index (κ3) is 56.6. The third-order valence-corrected chi connectivity index (χ3v) is 0. The average molecular weight is 460 g/mol. The molecule has 0 fully saturated rings. The van der Waals surface area contributed by atoms with Crippen LogP contribution in [0.3, 0.4) is 0 Å². The molecule has 0 radical (unpaired) electrons. The zero-order chi connectivity index (χ0) is 3.58. The fourth-order valence-corrected chi connectivity index (χ4v) is 0. The van der Waals surface area contributed by atoms with Crippen molar-refractivity contribution in [3.63, 3.8) is 0 Å². The standard InChI is InChI=1S/C3H9S.3HI/c1-4(2)3;;;/h1-3H3;3*1H/q+1;;;/p-1. The Bertz CT molecular complexity index is 14.9. The molecule has 0 aliphatic heterocycles. The summed E-state index contributed by atoms with van der Waals surface area (Å²) in [5.41, 5.74) is 0. The predicted octanol–water partition coefficient (Wildman–Crippen LogP) is -1.27. The van der Waals surface area contributed by atoms with Crippen LogP contribution in [0.25, 0.3) is 0 Å². The first kappa shape index (κ1) is 22.7. The van der Waals surface area contributed by atoms with Crippen molar-refractivity contribution in [2.45, 2.75) is 0 Å². The van der Waals surface area contributed by atoms with Crippen LogP contribution in [0.1, 0.15) is 0 Å². The van der Waals surface area contributed by atoms with E-state index in [1.165, 1.54) is 0 Å². The van der Waals surface area contributed by atoms with Crippen LogP contribution in [0.2, 0.25) is 0 Å². The second-order valence-corrected chi connectivity index (χ2v) is 3.67. The first-order chi connectivity index (χ1) is 1.73. The summed E-state index contributed by atoms with van der Waals surface area (Å²) in [4.78, 5) is 0. The minimum atomic E-state index is 0. The van der Waals surface area contributed by atoms with Crippen molar-refractivity contribution in [1.29, 1.82) is 0 Å². The van der Waals surface area contributed by atoms with Crippen LogP contribution < -0.4 is 24.0 Å². The molecule has 50 valence electrons. The van der Waals surface area contributed by atoms with Gasteiger partial charge in [0.1, 0.15) is 0 Å². The summed E-state index contributed by atoms with van der Waals surface area (Å²) in [6.45, 7) is 0. The second-order valence-electron chi connectivity index (χ2n) is 1.22. The van der Waals surface area contributed by atoms with Crippen molar-refractivity contribution in [2.75, 3.05) is 18.8 Å². The highest BCUT2D eigenvalue weighted by Crippen LogP contribution is 1.63. The highest BCUT2D eigenvalue weighted by atomic mass is 127. The van der Waals surface area contributed by atoms with Crippen molar-refractivity contribution in [3.8, 4) is 0 Å². The van der Waals surface area contributed by atoms with Crippen molar-refractivity contribution in [3.05, 3.63) is 0 Å². The third-order valence-electron chi connectivity index (χ3n) is 0. The SMILES string of the molecule is C[S+](C)C.I.I.[I-]. The van der Waals surface area contributed by atoms with E-state index in [0.29, 0.717) is 10.9 Å². The lowest BCUT2D eigenvalue weighted by molar-refractivity contribution is -0.00000123. The molecule has 0 amide bonds. The normalized spacial score (nSPS) is 5.14. The number of halogens is 3. The van der Waals surface area contributed by atoms with E-state index in [0.717, 1.165) is 0 Å². The van der Waals surface area contributed by atoms with Gasteiger partial charge in [-0.05, 0) is 10.9 Å². The molecular formula is C3H11I3S. The fourth-order valence-electron chi connectivity index (χ4n) is 0. The van der Waals surface area contributed by atoms with Crippen molar-refractivity contribution in [2.24, 2.45) is 0 Å². The van der Waals surface area contributed by atoms with Crippen LogP contribution in [-0.4, -0.2) is 18.8 Å². The maximum Gasteiger partial charge on any atom is 0.0969 e. The molecule has 0 aromatic rings. The zero-order valence-electron chi connectivity index (χ0n) is 4.60. The lowest BCUT2D eigenvalue weighted by atomic mass is 11.9. The number of hydrogen-bond donors (Lipinski definition) is 0. The number of hydrogen-bond acceptors (Lipinski definition) is 0. The van der Waals surface area contributed by atoms with E-state index in [1.807, 2.05) is 0 Å². The lowest BCUT2D eigenvalue weighted by Crippen LogP contribution is -3.00. The Kier molecular flexibility index (Phi) is 51.2. The molecule has 0 atom stereocenters. The Labute approximate surface area is 100.0 Å². The zero-order valence-corrected chi connectivity index (χ0v) is 12.2. The molecule has 0 spiro atoms. The van der Waals surface area contributed by atoms with Crippen molar-refractivity contribution < 1.29 is 24.0 Å². The van der Waals surface area contributed by atoms with E-state index in [2.05, 4.69) is 18.8 Å². The fraction of sp³-hybridized carbons (Fsp3) is 1.00. The predicted molar refractivity (Wildman–Crippen MR) is 56.0 cm³/mol. The van der Waals surface area contributed by atoms with Gasteiger partial charge in [0, 0.05) is 0 Å². The van der Waals surface area contributed by atoms with Gasteiger partial charge in [-0.3, -0.25) is 0 Å². The first-order valence-corrected chi connectivity index (χ1v) is 3.67. The van der Waals surface area contributed by atoms with E-state index in [-0.39, 0.29) is 71.9 Å². The minimum Gasteiger partial charge on any atom is -1.00 e. The molecule has 0 aromatic carbocycles. The van der Waals surface area contributed by atoms with Gasteiger partial charge in [-0.25, -0.2) is 0 Å². The average Bonchev–Trinajstić information content (AvgIpc) is 0.811. The summed E-state index contributed by atoms with van der Waals surface area (Å²) in [5, 5.41) is 0. The summed E-state index contributed by atoms with van der Waals surface area (Å²) in [6, 6.07) is 0. The minimum absolute atomic E-state index is 0. The molecule has 0 bridgehead atoms. The summed E-state index contributed by atoms with van der Waals surface area (Å²) in [7, 11) is 0.639. The van der Waals surface area contributed by atoms with Crippen molar-refractivity contribution in [1.82, 2.24) is 0 Å². The van der Waals surface area contributed by atoms with Crippen LogP contribution in [-0.2, 0) is 10.9 Å². The number of rotatable bonds is 0. The van der Waals surface area contributed by atoms with Gasteiger partial charge in [0.05, 0.1) is 18.8 Å². The Hall–Kier alpha value is 2.54. The summed E-state index contributed by atoms with van der Waals surface area (Å²) in [5.74, 6) is 0. The van der Waals surface area contributed by atoms with Gasteiger partial charge in [0.25, 0.3) is 0 Å². The molecule has 0 aliphatic rings. The van der Waals surface area contributed by atoms with Crippen molar-refractivity contribution >= 4 is 58.8 Å². The quantitative estimate of drug-likeness (QED) is 0.313. The molecule has 0 saturated carbocycles. The van der Waals surface area contributed by atoms with Gasteiger partial charge in [-0.1, -0.05) is 0 Å². The smallest absolute Gasteiger partial charge is 0.0969 e. The van der Waals surface area contributed by atoms with E-state index in [9.17, 15) is 0 Å². The molecule has 0 saturated heterocycles. The molecule has 0 rings (SSSR count). The summed E-state index contributed by atoms with van der Waals surface area (Å²) < 4.78 is 0. The second kappa shape index (κ2) is 15.8. The molecule has 0 aliphatic carbocycles. The topological polar surface area (TPSA) is 0 Å². The van der Waals surface area contributed by atoms with E-state index < -0.39 is 0 Å². The van der Waals surface area contributed by atoms with E-state index >= 15 is 0 Å². The van der Waals surface area contributed by atoms with Crippen LogP contribution in [0.15, 0.2) is 0 Å². The summed E-state index contributed by atoms with van der Waals surface area (Å²) in [6.07, 6.45) is 6.58. The highest BCUT2D eigenvalue weighted by molar-refractivity contribution is 14.0. The van der Waals surface area contributed by atoms with Gasteiger partial charge >= 0.3 is 0 Å².